The van der Waals surface area contributed by atoms with Crippen LogP contribution in [0.1, 0.15) is 31.0 Å². The number of hydrogen-bond acceptors (Lipinski definition) is 4. The van der Waals surface area contributed by atoms with Crippen molar-refractivity contribution < 1.29 is 0 Å². The van der Waals surface area contributed by atoms with Crippen LogP contribution >= 0.6 is 0 Å². The van der Waals surface area contributed by atoms with Crippen LogP contribution in [0.2, 0.25) is 0 Å². The van der Waals surface area contributed by atoms with Crippen LogP contribution < -0.4 is 11.3 Å². The van der Waals surface area contributed by atoms with Crippen molar-refractivity contribution in [3.63, 3.8) is 0 Å². The molecule has 0 aliphatic heterocycles. The van der Waals surface area contributed by atoms with E-state index in [1.807, 2.05) is 12.3 Å². The third kappa shape index (κ3) is 2.40. The molecule has 0 aliphatic carbocycles. The molecule has 0 aromatic carbocycles. The topological polar surface area (TPSA) is 54.2 Å². The SMILES string of the molecule is Cc1ccncc1C(NN)C(C)(C)N(C)C. The van der Waals surface area contributed by atoms with E-state index in [1.54, 1.807) is 6.20 Å². The molecule has 0 spiro atoms. The van der Waals surface area contributed by atoms with Gasteiger partial charge in [0, 0.05) is 17.9 Å². The highest BCUT2D eigenvalue weighted by molar-refractivity contribution is 5.27. The Bertz CT molecular complexity index is 347. The molecule has 4 nitrogen and oxygen atoms in total. The van der Waals surface area contributed by atoms with Crippen molar-refractivity contribution in [2.24, 2.45) is 5.84 Å². The summed E-state index contributed by atoms with van der Waals surface area (Å²) in [4.78, 5) is 6.33. The van der Waals surface area contributed by atoms with Crippen LogP contribution in [-0.2, 0) is 0 Å². The van der Waals surface area contributed by atoms with E-state index in [-0.39, 0.29) is 11.6 Å². The maximum absolute atomic E-state index is 5.69. The number of aryl methyl sites for hydroxylation is 1. The highest BCUT2D eigenvalue weighted by Gasteiger charge is 2.32. The van der Waals surface area contributed by atoms with Crippen molar-refractivity contribution in [3.05, 3.63) is 29.6 Å². The lowest BCUT2D eigenvalue weighted by atomic mass is 9.87. The van der Waals surface area contributed by atoms with E-state index in [2.05, 4.69) is 50.2 Å². The van der Waals surface area contributed by atoms with Crippen molar-refractivity contribution in [2.75, 3.05) is 14.1 Å². The van der Waals surface area contributed by atoms with Crippen LogP contribution in [0, 0.1) is 6.92 Å². The van der Waals surface area contributed by atoms with Gasteiger partial charge in [0.1, 0.15) is 0 Å². The molecule has 0 saturated heterocycles. The van der Waals surface area contributed by atoms with Gasteiger partial charge in [0.05, 0.1) is 6.04 Å². The number of hydrazine groups is 1. The third-order valence-corrected chi connectivity index (χ3v) is 3.42. The fourth-order valence-corrected chi connectivity index (χ4v) is 1.71. The van der Waals surface area contributed by atoms with Gasteiger partial charge in [-0.2, -0.15) is 0 Å². The molecule has 0 radical (unpaired) electrons. The van der Waals surface area contributed by atoms with Crippen LogP contribution in [0.5, 0.6) is 0 Å². The molecule has 1 heterocycles. The van der Waals surface area contributed by atoms with Crippen LogP contribution in [0.15, 0.2) is 18.5 Å². The highest BCUT2D eigenvalue weighted by Crippen LogP contribution is 2.29. The molecule has 1 unspecified atom stereocenters. The maximum Gasteiger partial charge on any atom is 0.0655 e. The zero-order valence-electron chi connectivity index (χ0n) is 10.8. The molecule has 1 atom stereocenters. The molecule has 4 heteroatoms. The van der Waals surface area contributed by atoms with E-state index in [4.69, 9.17) is 5.84 Å². The lowest BCUT2D eigenvalue weighted by Gasteiger charge is -2.40. The van der Waals surface area contributed by atoms with Gasteiger partial charge in [0.2, 0.25) is 0 Å². The van der Waals surface area contributed by atoms with Gasteiger partial charge in [-0.1, -0.05) is 0 Å². The molecule has 16 heavy (non-hydrogen) atoms. The first-order valence-electron chi connectivity index (χ1n) is 5.45. The Labute approximate surface area is 97.8 Å². The van der Waals surface area contributed by atoms with E-state index in [0.717, 1.165) is 5.56 Å². The smallest absolute Gasteiger partial charge is 0.0655 e. The molecule has 3 N–H and O–H groups in total. The fraction of sp³-hybridized carbons (Fsp3) is 0.583. The standard InChI is InChI=1S/C12H22N4/c1-9-6-7-14-8-10(9)11(15-13)12(2,3)16(4)5/h6-8,11,15H,13H2,1-5H3. The summed E-state index contributed by atoms with van der Waals surface area (Å²) in [5, 5.41) is 0. The Morgan fingerprint density at radius 1 is 1.44 bits per heavy atom. The zero-order chi connectivity index (χ0) is 12.3. The van der Waals surface area contributed by atoms with Crippen molar-refractivity contribution in [1.82, 2.24) is 15.3 Å². The van der Waals surface area contributed by atoms with Crippen LogP contribution in [-0.4, -0.2) is 29.5 Å². The Morgan fingerprint density at radius 3 is 2.50 bits per heavy atom. The minimum Gasteiger partial charge on any atom is -0.302 e. The normalized spacial score (nSPS) is 14.2. The van der Waals surface area contributed by atoms with E-state index in [0.29, 0.717) is 0 Å². The van der Waals surface area contributed by atoms with Gasteiger partial charge < -0.3 is 4.90 Å². The molecule has 0 bridgehead atoms. The summed E-state index contributed by atoms with van der Waals surface area (Å²) in [5.41, 5.74) is 5.16. The van der Waals surface area contributed by atoms with E-state index < -0.39 is 0 Å². The average molecular weight is 222 g/mol. The Morgan fingerprint density at radius 2 is 2.06 bits per heavy atom. The van der Waals surface area contributed by atoms with Gasteiger partial charge in [0.25, 0.3) is 0 Å². The first-order chi connectivity index (χ1) is 7.41. The highest BCUT2D eigenvalue weighted by atomic mass is 15.3. The summed E-state index contributed by atoms with van der Waals surface area (Å²) >= 11 is 0. The first kappa shape index (κ1) is 13.1. The van der Waals surface area contributed by atoms with Gasteiger partial charge in [-0.05, 0) is 52.1 Å². The van der Waals surface area contributed by atoms with Crippen molar-refractivity contribution >= 4 is 0 Å². The van der Waals surface area contributed by atoms with Crippen molar-refractivity contribution in [3.8, 4) is 0 Å². The van der Waals surface area contributed by atoms with Gasteiger partial charge in [-0.15, -0.1) is 0 Å². The minimum atomic E-state index is -0.0808. The summed E-state index contributed by atoms with van der Waals surface area (Å²) in [6, 6.07) is 2.06. The first-order valence-corrected chi connectivity index (χ1v) is 5.45. The van der Waals surface area contributed by atoms with Crippen LogP contribution in [0.25, 0.3) is 0 Å². The number of aromatic nitrogens is 1. The third-order valence-electron chi connectivity index (χ3n) is 3.42. The predicted octanol–water partition coefficient (Wildman–Crippen LogP) is 1.23. The molecule has 1 aromatic rings. The maximum atomic E-state index is 5.69. The Hall–Kier alpha value is -0.970. The summed E-state index contributed by atoms with van der Waals surface area (Å²) in [7, 11) is 4.10. The monoisotopic (exact) mass is 222 g/mol. The zero-order valence-corrected chi connectivity index (χ0v) is 10.8. The number of nitrogens with zero attached hydrogens (tertiary/aromatic N) is 2. The van der Waals surface area contributed by atoms with E-state index in [1.165, 1.54) is 5.56 Å². The van der Waals surface area contributed by atoms with Gasteiger partial charge in [0.15, 0.2) is 0 Å². The Kier molecular flexibility index (Phi) is 4.02. The number of likely N-dealkylation sites (N-methyl/N-ethyl adjacent to an activating group) is 1. The molecular formula is C12H22N4. The molecule has 0 saturated carbocycles. The van der Waals surface area contributed by atoms with Crippen molar-refractivity contribution in [2.45, 2.75) is 32.4 Å². The van der Waals surface area contributed by atoms with Crippen molar-refractivity contribution in [1.29, 1.82) is 0 Å². The summed E-state index contributed by atoms with van der Waals surface area (Å²) in [6.07, 6.45) is 3.68. The summed E-state index contributed by atoms with van der Waals surface area (Å²) in [5.74, 6) is 5.69. The number of pyridine rings is 1. The molecule has 0 fully saturated rings. The lowest BCUT2D eigenvalue weighted by molar-refractivity contribution is 0.137. The second-order valence-corrected chi connectivity index (χ2v) is 4.88. The number of nitrogens with two attached hydrogens (primary N) is 1. The van der Waals surface area contributed by atoms with Gasteiger partial charge in [-0.25, -0.2) is 0 Å². The largest absolute Gasteiger partial charge is 0.302 e. The van der Waals surface area contributed by atoms with Crippen LogP contribution in [0.3, 0.4) is 0 Å². The average Bonchev–Trinajstić information content (AvgIpc) is 2.21. The number of hydrogen-bond donors (Lipinski definition) is 2. The molecule has 0 aliphatic rings. The number of nitrogens with one attached hydrogen (secondary N) is 1. The molecular weight excluding hydrogens is 200 g/mol. The van der Waals surface area contributed by atoms with Gasteiger partial charge >= 0.3 is 0 Å². The quantitative estimate of drug-likeness (QED) is 0.594. The predicted molar refractivity (Wildman–Crippen MR) is 66.8 cm³/mol. The minimum absolute atomic E-state index is 0.0520. The summed E-state index contributed by atoms with van der Waals surface area (Å²) < 4.78 is 0. The van der Waals surface area contributed by atoms with Gasteiger partial charge in [-0.3, -0.25) is 16.3 Å². The Balaban J connectivity index is 3.13. The van der Waals surface area contributed by atoms with Crippen LogP contribution in [0.4, 0.5) is 0 Å². The molecule has 0 amide bonds. The lowest BCUT2D eigenvalue weighted by Crippen LogP contribution is -2.51. The van der Waals surface area contributed by atoms with E-state index >= 15 is 0 Å². The molecule has 1 aromatic heterocycles. The second-order valence-electron chi connectivity index (χ2n) is 4.88. The van der Waals surface area contributed by atoms with E-state index in [9.17, 15) is 0 Å². The second kappa shape index (κ2) is 4.91. The number of rotatable bonds is 4. The molecule has 1 rings (SSSR count). The summed E-state index contributed by atoms with van der Waals surface area (Å²) in [6.45, 7) is 6.39. The molecule has 90 valence electrons. The fourth-order valence-electron chi connectivity index (χ4n) is 1.71.